The third kappa shape index (κ3) is 2.74. The molecular formula is C20H27N3O2. The van der Waals surface area contributed by atoms with E-state index in [1.807, 2.05) is 23.1 Å². The summed E-state index contributed by atoms with van der Waals surface area (Å²) < 4.78 is 7.96. The van der Waals surface area contributed by atoms with Crippen LogP contribution in [0.25, 0.3) is 11.0 Å². The monoisotopic (exact) mass is 341 g/mol. The molecule has 1 atom stereocenters. The molecule has 25 heavy (non-hydrogen) atoms. The lowest BCUT2D eigenvalue weighted by Gasteiger charge is -2.48. The summed E-state index contributed by atoms with van der Waals surface area (Å²) >= 11 is 0. The van der Waals surface area contributed by atoms with Crippen molar-refractivity contribution >= 4 is 16.9 Å². The molecule has 1 amide bonds. The Bertz CT molecular complexity index is 768. The van der Waals surface area contributed by atoms with Crippen LogP contribution in [0.1, 0.15) is 51.4 Å². The molecule has 1 spiro atoms. The summed E-state index contributed by atoms with van der Waals surface area (Å²) in [6.45, 7) is 6.70. The van der Waals surface area contributed by atoms with Gasteiger partial charge in [0.1, 0.15) is 11.9 Å². The number of amides is 1. The Morgan fingerprint density at radius 3 is 2.56 bits per heavy atom. The number of nitrogens with zero attached hydrogens (tertiary/aromatic N) is 3. The van der Waals surface area contributed by atoms with E-state index in [2.05, 4.69) is 24.5 Å². The van der Waals surface area contributed by atoms with Crippen molar-refractivity contribution < 1.29 is 9.53 Å². The molecule has 3 heterocycles. The number of rotatable bonds is 4. The van der Waals surface area contributed by atoms with Gasteiger partial charge in [0.25, 0.3) is 0 Å². The van der Waals surface area contributed by atoms with Crippen molar-refractivity contribution in [2.75, 3.05) is 19.7 Å². The maximum atomic E-state index is 13.3. The second kappa shape index (κ2) is 6.45. The van der Waals surface area contributed by atoms with Gasteiger partial charge in [0.05, 0.1) is 23.2 Å². The molecule has 4 rings (SSSR count). The SMILES string of the molecule is CCc1nc2ccccc2n1C(CC)C(=O)N1CCC2(CCO2)CC1. The molecule has 0 radical (unpaired) electrons. The normalized spacial score (nSPS) is 20.6. The summed E-state index contributed by atoms with van der Waals surface area (Å²) in [7, 11) is 0. The van der Waals surface area contributed by atoms with Gasteiger partial charge in [-0.05, 0) is 37.8 Å². The number of hydrogen-bond acceptors (Lipinski definition) is 3. The van der Waals surface area contributed by atoms with Gasteiger partial charge in [-0.25, -0.2) is 4.98 Å². The molecule has 5 heteroatoms. The Hall–Kier alpha value is -1.88. The Balaban J connectivity index is 1.61. The summed E-state index contributed by atoms with van der Waals surface area (Å²) in [5, 5.41) is 0. The molecule has 2 aliphatic rings. The smallest absolute Gasteiger partial charge is 0.245 e. The molecule has 2 fully saturated rings. The number of imidazole rings is 1. The molecule has 1 unspecified atom stereocenters. The summed E-state index contributed by atoms with van der Waals surface area (Å²) in [4.78, 5) is 20.1. The van der Waals surface area contributed by atoms with Crippen LogP contribution >= 0.6 is 0 Å². The number of piperidine rings is 1. The first-order valence-electron chi connectivity index (χ1n) is 9.56. The Kier molecular flexibility index (Phi) is 4.28. The van der Waals surface area contributed by atoms with Crippen LogP contribution in [0.3, 0.4) is 0 Å². The average molecular weight is 341 g/mol. The minimum Gasteiger partial charge on any atom is -0.375 e. The Labute approximate surface area is 149 Å². The summed E-state index contributed by atoms with van der Waals surface area (Å²) in [5.41, 5.74) is 2.12. The van der Waals surface area contributed by atoms with Gasteiger partial charge >= 0.3 is 0 Å². The predicted molar refractivity (Wildman–Crippen MR) is 97.6 cm³/mol. The van der Waals surface area contributed by atoms with E-state index < -0.39 is 0 Å². The molecule has 1 aromatic carbocycles. The van der Waals surface area contributed by atoms with E-state index in [1.165, 1.54) is 0 Å². The van der Waals surface area contributed by atoms with Gasteiger partial charge in [0, 0.05) is 19.5 Å². The fourth-order valence-corrected chi connectivity index (χ4v) is 4.29. The fourth-order valence-electron chi connectivity index (χ4n) is 4.29. The zero-order chi connectivity index (χ0) is 17.4. The first-order valence-corrected chi connectivity index (χ1v) is 9.56. The lowest BCUT2D eigenvalue weighted by molar-refractivity contribution is -0.177. The number of ether oxygens (including phenoxy) is 1. The van der Waals surface area contributed by atoms with Crippen molar-refractivity contribution in [3.63, 3.8) is 0 Å². The number of likely N-dealkylation sites (tertiary alicyclic amines) is 1. The number of fused-ring (bicyclic) bond motifs is 1. The molecule has 0 aliphatic carbocycles. The van der Waals surface area contributed by atoms with E-state index in [0.29, 0.717) is 0 Å². The van der Waals surface area contributed by atoms with Crippen molar-refractivity contribution in [3.8, 4) is 0 Å². The molecule has 5 nitrogen and oxygen atoms in total. The predicted octanol–water partition coefficient (Wildman–Crippen LogP) is 3.33. The number of aromatic nitrogens is 2. The van der Waals surface area contributed by atoms with E-state index >= 15 is 0 Å². The van der Waals surface area contributed by atoms with Gasteiger partial charge < -0.3 is 14.2 Å². The van der Waals surface area contributed by atoms with Gasteiger partial charge in [-0.3, -0.25) is 4.79 Å². The van der Waals surface area contributed by atoms with Crippen LogP contribution in [0.5, 0.6) is 0 Å². The third-order valence-corrected chi connectivity index (χ3v) is 5.92. The highest BCUT2D eigenvalue weighted by Crippen LogP contribution is 2.37. The average Bonchev–Trinajstić information content (AvgIpc) is 3.00. The lowest BCUT2D eigenvalue weighted by atomic mass is 9.84. The highest BCUT2D eigenvalue weighted by atomic mass is 16.5. The summed E-state index contributed by atoms with van der Waals surface area (Å²) in [6, 6.07) is 7.96. The Morgan fingerprint density at radius 1 is 1.24 bits per heavy atom. The van der Waals surface area contributed by atoms with Crippen LogP contribution in [0, 0.1) is 0 Å². The molecule has 2 saturated heterocycles. The first kappa shape index (κ1) is 16.6. The Morgan fingerprint density at radius 2 is 1.96 bits per heavy atom. The number of benzene rings is 1. The third-order valence-electron chi connectivity index (χ3n) is 5.92. The van der Waals surface area contributed by atoms with Crippen LogP contribution in [-0.4, -0.2) is 45.7 Å². The van der Waals surface area contributed by atoms with Crippen molar-refractivity contribution in [2.45, 2.75) is 57.6 Å². The fraction of sp³-hybridized carbons (Fsp3) is 0.600. The van der Waals surface area contributed by atoms with Crippen molar-refractivity contribution in [2.24, 2.45) is 0 Å². The molecular weight excluding hydrogens is 314 g/mol. The van der Waals surface area contributed by atoms with Gasteiger partial charge in [-0.2, -0.15) is 0 Å². The number of carbonyl (C=O) groups is 1. The zero-order valence-corrected chi connectivity index (χ0v) is 15.2. The first-order chi connectivity index (χ1) is 12.2. The van der Waals surface area contributed by atoms with E-state index in [4.69, 9.17) is 9.72 Å². The van der Waals surface area contributed by atoms with Crippen LogP contribution < -0.4 is 0 Å². The van der Waals surface area contributed by atoms with E-state index in [-0.39, 0.29) is 17.6 Å². The number of carbonyl (C=O) groups excluding carboxylic acids is 1. The molecule has 2 aromatic rings. The second-order valence-electron chi connectivity index (χ2n) is 7.27. The summed E-state index contributed by atoms with van der Waals surface area (Å²) in [6.07, 6.45) is 4.71. The molecule has 2 aliphatic heterocycles. The van der Waals surface area contributed by atoms with Crippen LogP contribution in [0.4, 0.5) is 0 Å². The van der Waals surface area contributed by atoms with E-state index in [0.717, 1.165) is 68.7 Å². The molecule has 0 bridgehead atoms. The van der Waals surface area contributed by atoms with Crippen LogP contribution in [0.2, 0.25) is 0 Å². The molecule has 134 valence electrons. The van der Waals surface area contributed by atoms with Gasteiger partial charge in [-0.15, -0.1) is 0 Å². The van der Waals surface area contributed by atoms with E-state index in [9.17, 15) is 4.79 Å². The number of para-hydroxylation sites is 2. The van der Waals surface area contributed by atoms with Crippen LogP contribution in [0.15, 0.2) is 24.3 Å². The number of hydrogen-bond donors (Lipinski definition) is 0. The van der Waals surface area contributed by atoms with Crippen molar-refractivity contribution in [1.29, 1.82) is 0 Å². The standard InChI is InChI=1S/C20H27N3O2/c1-3-16(19(24)22-12-9-20(10-13-22)11-14-25-20)23-17-8-6-5-7-15(17)21-18(23)4-2/h5-8,16H,3-4,9-14H2,1-2H3. The topological polar surface area (TPSA) is 47.4 Å². The van der Waals surface area contributed by atoms with E-state index in [1.54, 1.807) is 0 Å². The molecule has 0 N–H and O–H groups in total. The number of aryl methyl sites for hydroxylation is 1. The lowest BCUT2D eigenvalue weighted by Crippen LogP contribution is -2.54. The van der Waals surface area contributed by atoms with Crippen LogP contribution in [-0.2, 0) is 16.0 Å². The van der Waals surface area contributed by atoms with Crippen molar-refractivity contribution in [3.05, 3.63) is 30.1 Å². The van der Waals surface area contributed by atoms with Gasteiger partial charge in [-0.1, -0.05) is 26.0 Å². The van der Waals surface area contributed by atoms with Gasteiger partial charge in [0.2, 0.25) is 5.91 Å². The maximum Gasteiger partial charge on any atom is 0.245 e. The largest absolute Gasteiger partial charge is 0.375 e. The highest BCUT2D eigenvalue weighted by Gasteiger charge is 2.42. The molecule has 1 aromatic heterocycles. The zero-order valence-electron chi connectivity index (χ0n) is 15.2. The minimum atomic E-state index is -0.168. The highest BCUT2D eigenvalue weighted by molar-refractivity contribution is 5.84. The molecule has 0 saturated carbocycles. The minimum absolute atomic E-state index is 0.0781. The summed E-state index contributed by atoms with van der Waals surface area (Å²) in [5.74, 6) is 1.23. The second-order valence-corrected chi connectivity index (χ2v) is 7.27. The maximum absolute atomic E-state index is 13.3. The van der Waals surface area contributed by atoms with Gasteiger partial charge in [0.15, 0.2) is 0 Å². The van der Waals surface area contributed by atoms with Crippen molar-refractivity contribution in [1.82, 2.24) is 14.5 Å². The quantitative estimate of drug-likeness (QED) is 0.857.